The van der Waals surface area contributed by atoms with Crippen molar-refractivity contribution in [1.82, 2.24) is 20.4 Å². The highest BCUT2D eigenvalue weighted by Gasteiger charge is 2.30. The van der Waals surface area contributed by atoms with Crippen LogP contribution in [0.25, 0.3) is 22.6 Å². The largest absolute Gasteiger partial charge is 0.494 e. The molecule has 1 aliphatic carbocycles. The lowest BCUT2D eigenvalue weighted by molar-refractivity contribution is 0.104. The Balaban J connectivity index is 1.71. The van der Waals surface area contributed by atoms with Gasteiger partial charge in [-0.1, -0.05) is 16.8 Å². The number of aromatic nitrogens is 3. The molecule has 0 radical (unpaired) electrons. The predicted molar refractivity (Wildman–Crippen MR) is 138 cm³/mol. The molecule has 0 amide bonds. The van der Waals surface area contributed by atoms with Crippen molar-refractivity contribution in [2.75, 3.05) is 39.2 Å². The topological polar surface area (TPSA) is 94.3 Å². The quantitative estimate of drug-likeness (QED) is 0.347. The summed E-state index contributed by atoms with van der Waals surface area (Å²) in [7, 11) is 3.68. The molecule has 1 fully saturated rings. The van der Waals surface area contributed by atoms with Crippen LogP contribution in [0.4, 0.5) is 5.82 Å². The number of nitrogens with one attached hydrogen (secondary N) is 2. The molecule has 1 aliphatic rings. The first kappa shape index (κ1) is 25.4. The molecule has 1 saturated carbocycles. The van der Waals surface area contributed by atoms with E-state index in [1.165, 1.54) is 0 Å². The average molecular weight is 500 g/mol. The maximum atomic E-state index is 6.63. The fraction of sp³-hybridized carbons (Fsp3) is 0.500. The number of rotatable bonds is 11. The summed E-state index contributed by atoms with van der Waals surface area (Å²) in [5, 5.41) is 11.5. The van der Waals surface area contributed by atoms with Gasteiger partial charge in [0.05, 0.1) is 28.6 Å². The number of methoxy groups -OCH3 is 1. The van der Waals surface area contributed by atoms with Crippen molar-refractivity contribution in [3.63, 3.8) is 0 Å². The first-order chi connectivity index (χ1) is 16.9. The monoisotopic (exact) mass is 499 g/mol. The summed E-state index contributed by atoms with van der Waals surface area (Å²) in [6, 6.07) is 5.95. The minimum absolute atomic E-state index is 0.339. The molecule has 0 saturated heterocycles. The van der Waals surface area contributed by atoms with Crippen LogP contribution in [0.2, 0.25) is 5.02 Å². The molecule has 8 nitrogen and oxygen atoms in total. The molecule has 4 rings (SSSR count). The number of aryl methyl sites for hydroxylation is 2. The zero-order valence-corrected chi connectivity index (χ0v) is 21.8. The number of halogens is 1. The number of hydrogen-bond donors (Lipinski definition) is 2. The van der Waals surface area contributed by atoms with Gasteiger partial charge < -0.3 is 24.6 Å². The SMILES string of the molecule is CNCCCOc1ccc(Cl)c(-c2nc(NC3CC(COC)C3)c(C)c(-c3c(C)noc3C)n2)c1. The lowest BCUT2D eigenvalue weighted by Gasteiger charge is -2.36. The first-order valence-corrected chi connectivity index (χ1v) is 12.4. The van der Waals surface area contributed by atoms with Crippen molar-refractivity contribution in [2.45, 2.75) is 46.1 Å². The summed E-state index contributed by atoms with van der Waals surface area (Å²) in [6.07, 6.45) is 3.00. The third kappa shape index (κ3) is 5.77. The fourth-order valence-electron chi connectivity index (χ4n) is 4.47. The van der Waals surface area contributed by atoms with Crippen LogP contribution in [0.5, 0.6) is 5.75 Å². The maximum absolute atomic E-state index is 6.63. The Labute approximate surface area is 211 Å². The summed E-state index contributed by atoms with van der Waals surface area (Å²) in [5.74, 6) is 3.36. The van der Waals surface area contributed by atoms with Gasteiger partial charge in [0.15, 0.2) is 5.82 Å². The Morgan fingerprint density at radius 2 is 1.97 bits per heavy atom. The zero-order chi connectivity index (χ0) is 24.9. The van der Waals surface area contributed by atoms with Gasteiger partial charge in [-0.2, -0.15) is 0 Å². The maximum Gasteiger partial charge on any atom is 0.163 e. The normalized spacial score (nSPS) is 17.3. The van der Waals surface area contributed by atoms with Crippen LogP contribution in [0, 0.1) is 26.7 Å². The van der Waals surface area contributed by atoms with Gasteiger partial charge in [-0.3, -0.25) is 0 Å². The van der Waals surface area contributed by atoms with Gasteiger partial charge in [0.1, 0.15) is 17.3 Å². The van der Waals surface area contributed by atoms with Crippen LogP contribution >= 0.6 is 11.6 Å². The Kier molecular flexibility index (Phi) is 8.26. The van der Waals surface area contributed by atoms with Crippen LogP contribution in [0.3, 0.4) is 0 Å². The molecule has 3 aromatic rings. The number of ether oxygens (including phenoxy) is 2. The number of hydrogen-bond acceptors (Lipinski definition) is 8. The first-order valence-electron chi connectivity index (χ1n) is 12.1. The van der Waals surface area contributed by atoms with E-state index in [2.05, 4.69) is 15.8 Å². The second-order valence-electron chi connectivity index (χ2n) is 9.15. The van der Waals surface area contributed by atoms with E-state index in [0.29, 0.717) is 29.4 Å². The van der Waals surface area contributed by atoms with Gasteiger partial charge in [0.2, 0.25) is 0 Å². The van der Waals surface area contributed by atoms with E-state index in [1.54, 1.807) is 7.11 Å². The van der Waals surface area contributed by atoms with Crippen molar-refractivity contribution < 1.29 is 14.0 Å². The number of anilines is 1. The second-order valence-corrected chi connectivity index (χ2v) is 9.56. The molecule has 9 heteroatoms. The van der Waals surface area contributed by atoms with E-state index >= 15 is 0 Å². The molecule has 0 bridgehead atoms. The van der Waals surface area contributed by atoms with E-state index < -0.39 is 0 Å². The highest BCUT2D eigenvalue weighted by Crippen LogP contribution is 2.38. The minimum atomic E-state index is 0.339. The van der Waals surface area contributed by atoms with Crippen LogP contribution < -0.4 is 15.4 Å². The van der Waals surface area contributed by atoms with Crippen molar-refractivity contribution in [3.8, 4) is 28.4 Å². The Bertz CT molecular complexity index is 1140. The molecule has 2 N–H and O–H groups in total. The van der Waals surface area contributed by atoms with E-state index in [1.807, 2.05) is 46.0 Å². The highest BCUT2D eigenvalue weighted by molar-refractivity contribution is 6.33. The molecule has 2 heterocycles. The molecule has 0 aliphatic heterocycles. The van der Waals surface area contributed by atoms with Gasteiger partial charge >= 0.3 is 0 Å². The summed E-state index contributed by atoms with van der Waals surface area (Å²) in [5.41, 5.74) is 4.14. The van der Waals surface area contributed by atoms with Crippen molar-refractivity contribution in [1.29, 1.82) is 0 Å². The van der Waals surface area contributed by atoms with Gasteiger partial charge in [0.25, 0.3) is 0 Å². The third-order valence-electron chi connectivity index (χ3n) is 6.41. The van der Waals surface area contributed by atoms with E-state index in [4.69, 9.17) is 35.6 Å². The molecule has 1 aromatic carbocycles. The molecule has 35 heavy (non-hydrogen) atoms. The molecular formula is C26H34ClN5O3. The Hall–Kier alpha value is -2.68. The van der Waals surface area contributed by atoms with Gasteiger partial charge in [-0.25, -0.2) is 9.97 Å². The summed E-state index contributed by atoms with van der Waals surface area (Å²) in [6.45, 7) is 8.14. The lowest BCUT2D eigenvalue weighted by atomic mass is 9.81. The van der Waals surface area contributed by atoms with Gasteiger partial charge in [-0.15, -0.1) is 0 Å². The van der Waals surface area contributed by atoms with E-state index in [9.17, 15) is 0 Å². The lowest BCUT2D eigenvalue weighted by Crippen LogP contribution is -2.38. The molecule has 2 aromatic heterocycles. The average Bonchev–Trinajstić information content (AvgIpc) is 3.15. The molecule has 0 atom stereocenters. The molecule has 0 spiro atoms. The molecular weight excluding hydrogens is 466 g/mol. The summed E-state index contributed by atoms with van der Waals surface area (Å²) >= 11 is 6.63. The smallest absolute Gasteiger partial charge is 0.163 e. The van der Waals surface area contributed by atoms with Crippen LogP contribution in [0.15, 0.2) is 22.7 Å². The second kappa shape index (κ2) is 11.4. The van der Waals surface area contributed by atoms with Crippen molar-refractivity contribution in [2.24, 2.45) is 5.92 Å². The standard InChI is InChI=1S/C26H34ClN5O3/c1-15-24(23-16(2)32-35-17(23)3)30-26(31-25(15)29-19-11-18(12-19)14-33-5)21-13-20(7-8-22(21)27)34-10-6-9-28-4/h7-8,13,18-19,28H,6,9-12,14H2,1-5H3,(H,29,30,31). The Morgan fingerprint density at radius 3 is 2.66 bits per heavy atom. The summed E-state index contributed by atoms with van der Waals surface area (Å²) < 4.78 is 16.7. The van der Waals surface area contributed by atoms with Gasteiger partial charge in [0, 0.05) is 30.9 Å². The van der Waals surface area contributed by atoms with Crippen molar-refractivity contribution in [3.05, 3.63) is 40.2 Å². The predicted octanol–water partition coefficient (Wildman–Crippen LogP) is 5.20. The Morgan fingerprint density at radius 1 is 1.17 bits per heavy atom. The number of benzene rings is 1. The molecule has 0 unspecified atom stereocenters. The van der Waals surface area contributed by atoms with Crippen molar-refractivity contribution >= 4 is 17.4 Å². The summed E-state index contributed by atoms with van der Waals surface area (Å²) in [4.78, 5) is 9.88. The zero-order valence-electron chi connectivity index (χ0n) is 21.1. The van der Waals surface area contributed by atoms with E-state index in [0.717, 1.165) is 77.8 Å². The third-order valence-corrected chi connectivity index (χ3v) is 6.74. The minimum Gasteiger partial charge on any atom is -0.494 e. The number of nitrogens with zero attached hydrogens (tertiary/aromatic N) is 3. The van der Waals surface area contributed by atoms with Crippen LogP contribution in [-0.4, -0.2) is 55.1 Å². The van der Waals surface area contributed by atoms with Crippen LogP contribution in [-0.2, 0) is 4.74 Å². The van der Waals surface area contributed by atoms with Gasteiger partial charge in [-0.05, 0) is 77.7 Å². The molecule has 188 valence electrons. The highest BCUT2D eigenvalue weighted by atomic mass is 35.5. The van der Waals surface area contributed by atoms with E-state index in [-0.39, 0.29) is 0 Å². The fourth-order valence-corrected chi connectivity index (χ4v) is 4.67. The van der Waals surface area contributed by atoms with Crippen LogP contribution in [0.1, 0.15) is 36.3 Å².